The average Bonchev–Trinajstić information content (AvgIpc) is 2.05. The first-order chi connectivity index (χ1) is 6.11. The second-order valence-electron chi connectivity index (χ2n) is 3.50. The molecule has 2 N–H and O–H groups in total. The molecule has 0 aromatic carbocycles. The van der Waals surface area contributed by atoms with Crippen molar-refractivity contribution in [3.8, 4) is 0 Å². The van der Waals surface area contributed by atoms with Crippen LogP contribution in [0.3, 0.4) is 0 Å². The van der Waals surface area contributed by atoms with Crippen LogP contribution in [0, 0.1) is 5.92 Å². The predicted molar refractivity (Wildman–Crippen MR) is 55.5 cm³/mol. The molecule has 2 nitrogen and oxygen atoms in total. The molecule has 0 bridgehead atoms. The average molecular weight is 184 g/mol. The normalized spacial score (nSPS) is 14.3. The number of hydrogen-bond donors (Lipinski definition) is 2. The second-order valence-corrected chi connectivity index (χ2v) is 3.50. The van der Waals surface area contributed by atoms with Crippen LogP contribution >= 0.6 is 0 Å². The third kappa shape index (κ3) is 5.61. The molecular formula is C11H20O2. The smallest absolute Gasteiger partial charge is 0.0614 e. The number of rotatable bonds is 6. The van der Waals surface area contributed by atoms with Gasteiger partial charge in [0.15, 0.2) is 0 Å². The van der Waals surface area contributed by atoms with Crippen LogP contribution in [0.1, 0.15) is 26.7 Å². The maximum Gasteiger partial charge on any atom is 0.0614 e. The summed E-state index contributed by atoms with van der Waals surface area (Å²) in [7, 11) is 0. The molecule has 0 aromatic rings. The van der Waals surface area contributed by atoms with Crippen molar-refractivity contribution in [2.45, 2.75) is 26.7 Å². The van der Waals surface area contributed by atoms with Gasteiger partial charge in [-0.2, -0.15) is 0 Å². The fraction of sp³-hybridized carbons (Fsp3) is 0.636. The molecule has 0 heterocycles. The zero-order chi connectivity index (χ0) is 10.3. The van der Waals surface area contributed by atoms with Crippen molar-refractivity contribution in [1.82, 2.24) is 0 Å². The molecule has 2 heteroatoms. The number of allylic oxidation sites excluding steroid dienone is 1. The molecule has 0 rings (SSSR count). The van der Waals surface area contributed by atoms with Gasteiger partial charge in [-0.15, -0.1) is 0 Å². The van der Waals surface area contributed by atoms with Gasteiger partial charge < -0.3 is 10.2 Å². The van der Waals surface area contributed by atoms with Gasteiger partial charge in [0.2, 0.25) is 0 Å². The van der Waals surface area contributed by atoms with Gasteiger partial charge in [-0.05, 0) is 26.7 Å². The summed E-state index contributed by atoms with van der Waals surface area (Å²) in [6, 6.07) is 0. The molecule has 0 saturated carbocycles. The third-order valence-corrected chi connectivity index (χ3v) is 2.24. The van der Waals surface area contributed by atoms with Crippen molar-refractivity contribution in [3.05, 3.63) is 23.8 Å². The maximum absolute atomic E-state index is 9.01. The zero-order valence-corrected chi connectivity index (χ0v) is 8.58. The molecule has 0 saturated heterocycles. The van der Waals surface area contributed by atoms with Crippen LogP contribution in [0.4, 0.5) is 0 Å². The van der Waals surface area contributed by atoms with Crippen LogP contribution < -0.4 is 0 Å². The molecule has 0 aliphatic heterocycles. The van der Waals surface area contributed by atoms with Gasteiger partial charge in [-0.3, -0.25) is 0 Å². The highest BCUT2D eigenvalue weighted by molar-refractivity contribution is 5.02. The second kappa shape index (κ2) is 6.87. The zero-order valence-electron chi connectivity index (χ0n) is 8.58. The van der Waals surface area contributed by atoms with E-state index >= 15 is 0 Å². The third-order valence-electron chi connectivity index (χ3n) is 2.24. The van der Waals surface area contributed by atoms with Gasteiger partial charge in [0.05, 0.1) is 6.61 Å². The highest BCUT2D eigenvalue weighted by Gasteiger charge is 2.07. The minimum Gasteiger partial charge on any atom is -0.396 e. The summed E-state index contributed by atoms with van der Waals surface area (Å²) in [5.41, 5.74) is 2.20. The van der Waals surface area contributed by atoms with Crippen LogP contribution in [0.5, 0.6) is 0 Å². The van der Waals surface area contributed by atoms with Crippen LogP contribution in [-0.4, -0.2) is 23.4 Å². The van der Waals surface area contributed by atoms with Gasteiger partial charge in [0.25, 0.3) is 0 Å². The standard InChI is InChI=1S/C11H20O2/c1-9(2)11(8-13)5-4-10(3)6-7-12/h6,11-13H,1,4-5,7-8H2,2-3H3/b10-6+. The number of aliphatic hydroxyl groups is 2. The summed E-state index contributed by atoms with van der Waals surface area (Å²) in [6.45, 7) is 8.02. The van der Waals surface area contributed by atoms with Crippen molar-refractivity contribution in [1.29, 1.82) is 0 Å². The lowest BCUT2D eigenvalue weighted by molar-refractivity contribution is 0.240. The van der Waals surface area contributed by atoms with Crippen molar-refractivity contribution in [2.24, 2.45) is 5.92 Å². The van der Waals surface area contributed by atoms with E-state index in [1.165, 1.54) is 5.57 Å². The summed E-state index contributed by atoms with van der Waals surface area (Å²) in [6.07, 6.45) is 3.62. The van der Waals surface area contributed by atoms with Crippen LogP contribution in [0.25, 0.3) is 0 Å². The van der Waals surface area contributed by atoms with Crippen molar-refractivity contribution >= 4 is 0 Å². The Bertz CT molecular complexity index is 183. The maximum atomic E-state index is 9.01. The summed E-state index contributed by atoms with van der Waals surface area (Å²) < 4.78 is 0. The fourth-order valence-corrected chi connectivity index (χ4v) is 1.15. The Morgan fingerprint density at radius 3 is 2.38 bits per heavy atom. The van der Waals surface area contributed by atoms with E-state index in [2.05, 4.69) is 6.58 Å². The first kappa shape index (κ1) is 12.4. The van der Waals surface area contributed by atoms with E-state index < -0.39 is 0 Å². The summed E-state index contributed by atoms with van der Waals surface area (Å²) in [5, 5.41) is 17.6. The van der Waals surface area contributed by atoms with E-state index in [1.807, 2.05) is 13.8 Å². The SMILES string of the molecule is C=C(C)C(CO)CC/C(C)=C/CO. The Hall–Kier alpha value is -0.600. The van der Waals surface area contributed by atoms with Gasteiger partial charge in [0, 0.05) is 12.5 Å². The number of aliphatic hydroxyl groups excluding tert-OH is 2. The quantitative estimate of drug-likeness (QED) is 0.619. The molecule has 1 atom stereocenters. The lowest BCUT2D eigenvalue weighted by Gasteiger charge is -2.13. The Balaban J connectivity index is 3.85. The lowest BCUT2D eigenvalue weighted by atomic mass is 9.95. The van der Waals surface area contributed by atoms with Crippen molar-refractivity contribution in [2.75, 3.05) is 13.2 Å². The molecule has 0 aliphatic rings. The first-order valence-electron chi connectivity index (χ1n) is 4.64. The fourth-order valence-electron chi connectivity index (χ4n) is 1.15. The van der Waals surface area contributed by atoms with E-state index in [1.54, 1.807) is 6.08 Å². The van der Waals surface area contributed by atoms with E-state index in [0.29, 0.717) is 0 Å². The number of hydrogen-bond acceptors (Lipinski definition) is 2. The molecule has 0 radical (unpaired) electrons. The molecule has 0 aromatic heterocycles. The Morgan fingerprint density at radius 2 is 2.00 bits per heavy atom. The van der Waals surface area contributed by atoms with E-state index in [9.17, 15) is 0 Å². The van der Waals surface area contributed by atoms with Gasteiger partial charge in [-0.25, -0.2) is 0 Å². The van der Waals surface area contributed by atoms with Gasteiger partial charge >= 0.3 is 0 Å². The lowest BCUT2D eigenvalue weighted by Crippen LogP contribution is -2.06. The minimum atomic E-state index is 0.0999. The Kier molecular flexibility index (Phi) is 6.55. The molecular weight excluding hydrogens is 164 g/mol. The molecule has 0 aliphatic carbocycles. The molecule has 0 amide bonds. The highest BCUT2D eigenvalue weighted by Crippen LogP contribution is 2.17. The Labute approximate surface area is 80.6 Å². The largest absolute Gasteiger partial charge is 0.396 e. The predicted octanol–water partition coefficient (Wildman–Crippen LogP) is 1.89. The first-order valence-corrected chi connectivity index (χ1v) is 4.64. The minimum absolute atomic E-state index is 0.0999. The topological polar surface area (TPSA) is 40.5 Å². The van der Waals surface area contributed by atoms with Crippen LogP contribution in [0.2, 0.25) is 0 Å². The van der Waals surface area contributed by atoms with Gasteiger partial charge in [-0.1, -0.05) is 23.8 Å². The Morgan fingerprint density at radius 1 is 1.38 bits per heavy atom. The van der Waals surface area contributed by atoms with E-state index in [4.69, 9.17) is 10.2 Å². The summed E-state index contributed by atoms with van der Waals surface area (Å²) in [4.78, 5) is 0. The van der Waals surface area contributed by atoms with E-state index in [-0.39, 0.29) is 19.1 Å². The molecule has 13 heavy (non-hydrogen) atoms. The van der Waals surface area contributed by atoms with E-state index in [0.717, 1.165) is 18.4 Å². The summed E-state index contributed by atoms with van der Waals surface area (Å²) in [5.74, 6) is 0.196. The molecule has 76 valence electrons. The summed E-state index contributed by atoms with van der Waals surface area (Å²) >= 11 is 0. The monoisotopic (exact) mass is 184 g/mol. The molecule has 1 unspecified atom stereocenters. The molecule has 0 spiro atoms. The van der Waals surface area contributed by atoms with Gasteiger partial charge in [0.1, 0.15) is 0 Å². The molecule has 0 fully saturated rings. The van der Waals surface area contributed by atoms with Crippen LogP contribution in [0.15, 0.2) is 23.8 Å². The van der Waals surface area contributed by atoms with Crippen molar-refractivity contribution in [3.63, 3.8) is 0 Å². The highest BCUT2D eigenvalue weighted by atomic mass is 16.3. The van der Waals surface area contributed by atoms with Crippen molar-refractivity contribution < 1.29 is 10.2 Å². The van der Waals surface area contributed by atoms with Crippen LogP contribution in [-0.2, 0) is 0 Å².